The molecule has 1 aliphatic heterocycles. The predicted molar refractivity (Wildman–Crippen MR) is 117 cm³/mol. The van der Waals surface area contributed by atoms with E-state index >= 15 is 0 Å². The molecule has 156 valence electrons. The first-order chi connectivity index (χ1) is 14.9. The lowest BCUT2D eigenvalue weighted by Crippen LogP contribution is -2.26. The molecule has 7 heteroatoms. The van der Waals surface area contributed by atoms with Gasteiger partial charge in [-0.25, -0.2) is 9.07 Å². The van der Waals surface area contributed by atoms with Crippen molar-refractivity contribution in [1.29, 1.82) is 0 Å². The summed E-state index contributed by atoms with van der Waals surface area (Å²) in [4.78, 5) is 14.8. The van der Waals surface area contributed by atoms with Gasteiger partial charge in [0.05, 0.1) is 35.1 Å². The van der Waals surface area contributed by atoms with Crippen LogP contribution in [0.3, 0.4) is 0 Å². The maximum absolute atomic E-state index is 13.4. The number of amides is 1. The molecular formula is C24H20ClFN4O. The summed E-state index contributed by atoms with van der Waals surface area (Å²) in [6.07, 6.45) is 3.94. The molecule has 1 amide bonds. The second kappa shape index (κ2) is 7.39. The average Bonchev–Trinajstić information content (AvgIpc) is 3.43. The topological polar surface area (TPSA) is 43.1 Å². The summed E-state index contributed by atoms with van der Waals surface area (Å²) < 4.78 is 17.4. The highest BCUT2D eigenvalue weighted by Gasteiger charge is 2.32. The zero-order chi connectivity index (χ0) is 21.7. The number of carbonyl (C=O) groups excluding carboxylic acids is 1. The maximum Gasteiger partial charge on any atom is 0.256 e. The third-order valence-electron chi connectivity index (χ3n) is 5.61. The van der Waals surface area contributed by atoms with E-state index in [0.29, 0.717) is 13.1 Å². The van der Waals surface area contributed by atoms with Crippen LogP contribution in [0.25, 0.3) is 11.5 Å². The number of nitrogens with zero attached hydrogens (tertiary/aromatic N) is 4. The molecule has 0 radical (unpaired) electrons. The Bertz CT molecular complexity index is 1310. The minimum Gasteiger partial charge on any atom is -0.328 e. The number of benzene rings is 2. The largest absolute Gasteiger partial charge is 0.328 e. The highest BCUT2D eigenvalue weighted by Crippen LogP contribution is 2.33. The molecular weight excluding hydrogens is 415 g/mol. The van der Waals surface area contributed by atoms with Crippen molar-refractivity contribution in [3.63, 3.8) is 0 Å². The molecule has 0 fully saturated rings. The molecule has 5 nitrogen and oxygen atoms in total. The fourth-order valence-electron chi connectivity index (χ4n) is 4.13. The van der Waals surface area contributed by atoms with Crippen molar-refractivity contribution in [2.75, 3.05) is 0 Å². The maximum atomic E-state index is 13.4. The van der Waals surface area contributed by atoms with E-state index in [2.05, 4.69) is 32.0 Å². The van der Waals surface area contributed by atoms with Crippen LogP contribution in [0, 0.1) is 19.7 Å². The summed E-state index contributed by atoms with van der Waals surface area (Å²) in [6.45, 7) is 4.91. The van der Waals surface area contributed by atoms with Gasteiger partial charge in [-0.05, 0) is 55.8 Å². The van der Waals surface area contributed by atoms with Crippen LogP contribution in [-0.2, 0) is 13.1 Å². The lowest BCUT2D eigenvalue weighted by molar-refractivity contribution is 0.0749. The van der Waals surface area contributed by atoms with Gasteiger partial charge in [0, 0.05) is 18.0 Å². The van der Waals surface area contributed by atoms with Crippen molar-refractivity contribution < 1.29 is 9.18 Å². The Hall–Kier alpha value is -3.38. The van der Waals surface area contributed by atoms with Gasteiger partial charge in [0.25, 0.3) is 5.91 Å². The number of halogens is 2. The Morgan fingerprint density at radius 3 is 2.55 bits per heavy atom. The molecule has 0 saturated carbocycles. The summed E-state index contributed by atoms with van der Waals surface area (Å²) in [5.41, 5.74) is 5.44. The Labute approximate surface area is 184 Å². The van der Waals surface area contributed by atoms with Crippen LogP contribution in [0.5, 0.6) is 0 Å². The Kier molecular flexibility index (Phi) is 4.67. The Morgan fingerprint density at radius 1 is 1.06 bits per heavy atom. The van der Waals surface area contributed by atoms with Gasteiger partial charge in [0.2, 0.25) is 0 Å². The van der Waals surface area contributed by atoms with E-state index in [1.165, 1.54) is 17.7 Å². The molecule has 0 atom stereocenters. The minimum absolute atomic E-state index is 0.112. The van der Waals surface area contributed by atoms with Crippen molar-refractivity contribution in [1.82, 2.24) is 19.2 Å². The lowest BCUT2D eigenvalue weighted by atomic mass is 10.1. The first-order valence-electron chi connectivity index (χ1n) is 9.98. The highest BCUT2D eigenvalue weighted by molar-refractivity contribution is 6.33. The van der Waals surface area contributed by atoms with Crippen LogP contribution < -0.4 is 0 Å². The van der Waals surface area contributed by atoms with Gasteiger partial charge < -0.3 is 9.47 Å². The first-order valence-corrected chi connectivity index (χ1v) is 10.4. The molecule has 5 rings (SSSR count). The van der Waals surface area contributed by atoms with Crippen LogP contribution in [0.4, 0.5) is 4.39 Å². The SMILES string of the molecule is Cc1ccc(-n2nc3c(c2-n2cccc2)CN(C(=O)c2ccc(F)cc2Cl)C3)c(C)c1. The summed E-state index contributed by atoms with van der Waals surface area (Å²) in [6, 6.07) is 14.0. The summed E-state index contributed by atoms with van der Waals surface area (Å²) in [7, 11) is 0. The number of hydrogen-bond acceptors (Lipinski definition) is 2. The van der Waals surface area contributed by atoms with Gasteiger partial charge in [-0.1, -0.05) is 29.3 Å². The quantitative estimate of drug-likeness (QED) is 0.443. The van der Waals surface area contributed by atoms with Gasteiger partial charge in [-0.3, -0.25) is 4.79 Å². The van der Waals surface area contributed by atoms with E-state index in [9.17, 15) is 9.18 Å². The van der Waals surface area contributed by atoms with E-state index in [4.69, 9.17) is 16.7 Å². The number of aryl methyl sites for hydroxylation is 2. The molecule has 3 heterocycles. The van der Waals surface area contributed by atoms with Crippen molar-refractivity contribution in [2.24, 2.45) is 0 Å². The Morgan fingerprint density at radius 2 is 1.84 bits per heavy atom. The van der Waals surface area contributed by atoms with Gasteiger partial charge in [0.15, 0.2) is 0 Å². The van der Waals surface area contributed by atoms with Crippen molar-refractivity contribution in [3.05, 3.63) is 99.7 Å². The van der Waals surface area contributed by atoms with Crippen molar-refractivity contribution >= 4 is 17.5 Å². The minimum atomic E-state index is -0.467. The second-order valence-electron chi connectivity index (χ2n) is 7.83. The standard InChI is InChI=1S/C24H20ClFN4O/c1-15-5-8-22(16(2)11-15)30-23(28-9-3-4-10-28)19-13-29(14-21(19)27-30)24(31)18-7-6-17(26)12-20(18)25/h3-12H,13-14H2,1-2H3. The van der Waals surface area contributed by atoms with Crippen molar-refractivity contribution in [2.45, 2.75) is 26.9 Å². The molecule has 1 aliphatic rings. The molecule has 0 aliphatic carbocycles. The summed E-state index contributed by atoms with van der Waals surface area (Å²) in [5.74, 6) is 0.206. The van der Waals surface area contributed by atoms with E-state index in [1.807, 2.05) is 33.8 Å². The van der Waals surface area contributed by atoms with E-state index in [0.717, 1.165) is 34.4 Å². The van der Waals surface area contributed by atoms with Crippen LogP contribution in [0.1, 0.15) is 32.7 Å². The van der Waals surface area contributed by atoms with Gasteiger partial charge in [0.1, 0.15) is 11.6 Å². The zero-order valence-electron chi connectivity index (χ0n) is 17.1. The third kappa shape index (κ3) is 3.33. The molecule has 31 heavy (non-hydrogen) atoms. The molecule has 4 aromatic rings. The number of aromatic nitrogens is 3. The molecule has 0 saturated heterocycles. The van der Waals surface area contributed by atoms with E-state index < -0.39 is 5.82 Å². The van der Waals surface area contributed by atoms with Crippen LogP contribution >= 0.6 is 11.6 Å². The highest BCUT2D eigenvalue weighted by atomic mass is 35.5. The monoisotopic (exact) mass is 434 g/mol. The first kappa shape index (κ1) is 19.6. The number of carbonyl (C=O) groups is 1. The fraction of sp³-hybridized carbons (Fsp3) is 0.167. The van der Waals surface area contributed by atoms with Crippen molar-refractivity contribution in [3.8, 4) is 11.5 Å². The summed E-state index contributed by atoms with van der Waals surface area (Å²) >= 11 is 6.12. The third-order valence-corrected chi connectivity index (χ3v) is 5.92. The van der Waals surface area contributed by atoms with E-state index in [-0.39, 0.29) is 16.5 Å². The van der Waals surface area contributed by atoms with Gasteiger partial charge in [-0.2, -0.15) is 5.10 Å². The lowest BCUT2D eigenvalue weighted by Gasteiger charge is -2.19. The van der Waals surface area contributed by atoms with Gasteiger partial charge in [-0.15, -0.1) is 0 Å². The molecule has 0 bridgehead atoms. The van der Waals surface area contributed by atoms with Crippen LogP contribution in [0.15, 0.2) is 60.9 Å². The second-order valence-corrected chi connectivity index (χ2v) is 8.23. The molecule has 0 spiro atoms. The number of rotatable bonds is 3. The zero-order valence-corrected chi connectivity index (χ0v) is 17.9. The molecule has 2 aromatic carbocycles. The number of hydrogen-bond donors (Lipinski definition) is 0. The fourth-order valence-corrected chi connectivity index (χ4v) is 4.38. The molecule has 0 N–H and O–H groups in total. The summed E-state index contributed by atoms with van der Waals surface area (Å²) in [5, 5.41) is 4.99. The number of fused-ring (bicyclic) bond motifs is 1. The van der Waals surface area contributed by atoms with Crippen LogP contribution in [-0.4, -0.2) is 25.2 Å². The predicted octanol–water partition coefficient (Wildman–Crippen LogP) is 5.23. The average molecular weight is 435 g/mol. The van der Waals surface area contributed by atoms with E-state index in [1.54, 1.807) is 4.90 Å². The van der Waals surface area contributed by atoms with Crippen LogP contribution in [0.2, 0.25) is 5.02 Å². The normalized spacial score (nSPS) is 13.0. The molecule has 0 unspecified atom stereocenters. The molecule has 2 aromatic heterocycles. The van der Waals surface area contributed by atoms with Gasteiger partial charge >= 0.3 is 0 Å². The smallest absolute Gasteiger partial charge is 0.256 e. The Balaban J connectivity index is 1.56.